The maximum atomic E-state index is 12.0. The van der Waals surface area contributed by atoms with Crippen LogP contribution >= 0.6 is 0 Å². The summed E-state index contributed by atoms with van der Waals surface area (Å²) in [5.41, 5.74) is 0.806. The van der Waals surface area contributed by atoms with Gasteiger partial charge in [-0.25, -0.2) is 0 Å². The average Bonchev–Trinajstić information content (AvgIpc) is 3.06. The second kappa shape index (κ2) is 8.60. The first-order valence-electron chi connectivity index (χ1n) is 9.07. The number of pyridine rings is 1. The number of carbonyl (C=O) groups is 2. The van der Waals surface area contributed by atoms with Crippen LogP contribution in [0.1, 0.15) is 44.3 Å². The second-order valence-electron chi connectivity index (χ2n) is 6.44. The highest BCUT2D eigenvalue weighted by Crippen LogP contribution is 2.11. The summed E-state index contributed by atoms with van der Waals surface area (Å²) in [6.07, 6.45) is 7.42. The molecular weight excluding hydrogens is 318 g/mol. The van der Waals surface area contributed by atoms with Crippen molar-refractivity contribution in [2.24, 2.45) is 0 Å². The predicted molar refractivity (Wildman–Crippen MR) is 94.0 cm³/mol. The number of aromatic nitrogens is 3. The summed E-state index contributed by atoms with van der Waals surface area (Å²) < 4.78 is 1.92. The standard InChI is InChI=1S/C18H25N5O2/c24-17(8-6-9-18(25)22-12-3-1-4-13-22)19-11-10-16-21-20-15-7-2-5-14-23(15)16/h2,5,7,14H,1,3-4,6,8-13H2,(H,19,24). The molecule has 0 saturated carbocycles. The van der Waals surface area contributed by atoms with Crippen LogP contribution in [0, 0.1) is 0 Å². The molecule has 0 bridgehead atoms. The molecule has 0 aromatic carbocycles. The fourth-order valence-electron chi connectivity index (χ4n) is 3.17. The van der Waals surface area contributed by atoms with Gasteiger partial charge in [-0.2, -0.15) is 0 Å². The third-order valence-electron chi connectivity index (χ3n) is 4.56. The lowest BCUT2D eigenvalue weighted by Gasteiger charge is -2.26. The molecule has 0 radical (unpaired) electrons. The number of likely N-dealkylation sites (tertiary alicyclic amines) is 1. The summed E-state index contributed by atoms with van der Waals surface area (Å²) >= 11 is 0. The van der Waals surface area contributed by atoms with Crippen molar-refractivity contribution in [3.8, 4) is 0 Å². The number of carbonyl (C=O) groups excluding carboxylic acids is 2. The van der Waals surface area contributed by atoms with E-state index in [4.69, 9.17) is 0 Å². The Bertz CT molecular complexity index is 721. The van der Waals surface area contributed by atoms with E-state index in [0.29, 0.717) is 32.2 Å². The van der Waals surface area contributed by atoms with E-state index in [9.17, 15) is 9.59 Å². The lowest BCUT2D eigenvalue weighted by atomic mass is 10.1. The number of rotatable bonds is 7. The van der Waals surface area contributed by atoms with E-state index in [1.165, 1.54) is 6.42 Å². The second-order valence-corrected chi connectivity index (χ2v) is 6.44. The Labute approximate surface area is 147 Å². The molecule has 7 heteroatoms. The molecule has 1 N–H and O–H groups in total. The van der Waals surface area contributed by atoms with Gasteiger partial charge < -0.3 is 10.2 Å². The van der Waals surface area contributed by atoms with E-state index in [1.54, 1.807) is 0 Å². The topological polar surface area (TPSA) is 79.6 Å². The molecule has 1 saturated heterocycles. The van der Waals surface area contributed by atoms with Crippen molar-refractivity contribution in [2.75, 3.05) is 19.6 Å². The maximum Gasteiger partial charge on any atom is 0.222 e. The Balaban J connectivity index is 1.33. The molecular formula is C18H25N5O2. The van der Waals surface area contributed by atoms with Gasteiger partial charge in [0.25, 0.3) is 0 Å². The molecule has 1 aliphatic heterocycles. The minimum Gasteiger partial charge on any atom is -0.356 e. The van der Waals surface area contributed by atoms with Crippen molar-refractivity contribution in [2.45, 2.75) is 44.9 Å². The number of hydrogen-bond acceptors (Lipinski definition) is 4. The molecule has 7 nitrogen and oxygen atoms in total. The SMILES string of the molecule is O=C(CCCC(=O)N1CCCCC1)NCCc1nnc2ccccn12. The lowest BCUT2D eigenvalue weighted by molar-refractivity contribution is -0.132. The summed E-state index contributed by atoms with van der Waals surface area (Å²) in [5, 5.41) is 11.1. The highest BCUT2D eigenvalue weighted by Gasteiger charge is 2.16. The summed E-state index contributed by atoms with van der Waals surface area (Å²) in [6, 6.07) is 5.74. The molecule has 0 aliphatic carbocycles. The Morgan fingerprint density at radius 1 is 1.08 bits per heavy atom. The van der Waals surface area contributed by atoms with E-state index >= 15 is 0 Å². The highest BCUT2D eigenvalue weighted by molar-refractivity contribution is 5.79. The first-order valence-corrected chi connectivity index (χ1v) is 9.07. The Kier molecular flexibility index (Phi) is 5.98. The molecule has 25 heavy (non-hydrogen) atoms. The predicted octanol–water partition coefficient (Wildman–Crippen LogP) is 1.57. The first-order chi connectivity index (χ1) is 12.2. The van der Waals surface area contributed by atoms with Crippen molar-refractivity contribution in [3.05, 3.63) is 30.2 Å². The van der Waals surface area contributed by atoms with Crippen LogP contribution < -0.4 is 5.32 Å². The molecule has 1 aliphatic rings. The molecule has 0 unspecified atom stereocenters. The van der Waals surface area contributed by atoms with Crippen LogP contribution in [0.25, 0.3) is 5.65 Å². The highest BCUT2D eigenvalue weighted by atomic mass is 16.2. The zero-order chi connectivity index (χ0) is 17.5. The first kappa shape index (κ1) is 17.4. The zero-order valence-electron chi connectivity index (χ0n) is 14.5. The van der Waals surface area contributed by atoms with E-state index in [2.05, 4.69) is 15.5 Å². The fourth-order valence-corrected chi connectivity index (χ4v) is 3.17. The number of hydrogen-bond donors (Lipinski definition) is 1. The molecule has 2 amide bonds. The van der Waals surface area contributed by atoms with Crippen molar-refractivity contribution in [1.82, 2.24) is 24.8 Å². The van der Waals surface area contributed by atoms with Crippen LogP contribution in [0.5, 0.6) is 0 Å². The van der Waals surface area contributed by atoms with Crippen molar-refractivity contribution in [3.63, 3.8) is 0 Å². The van der Waals surface area contributed by atoms with Gasteiger partial charge >= 0.3 is 0 Å². The number of fused-ring (bicyclic) bond motifs is 1. The Morgan fingerprint density at radius 3 is 2.76 bits per heavy atom. The number of piperidine rings is 1. The summed E-state index contributed by atoms with van der Waals surface area (Å²) in [6.45, 7) is 2.27. The van der Waals surface area contributed by atoms with Gasteiger partial charge in [0, 0.05) is 45.1 Å². The smallest absolute Gasteiger partial charge is 0.222 e. The molecule has 2 aromatic rings. The van der Waals surface area contributed by atoms with Gasteiger partial charge in [0.2, 0.25) is 11.8 Å². The molecule has 0 spiro atoms. The molecule has 3 heterocycles. The van der Waals surface area contributed by atoms with E-state index < -0.39 is 0 Å². The van der Waals surface area contributed by atoms with Gasteiger partial charge in [-0.05, 0) is 37.8 Å². The van der Waals surface area contributed by atoms with Crippen LogP contribution in [0.2, 0.25) is 0 Å². The minimum absolute atomic E-state index is 0.0136. The summed E-state index contributed by atoms with van der Waals surface area (Å²) in [5.74, 6) is 0.999. The van der Waals surface area contributed by atoms with Crippen molar-refractivity contribution >= 4 is 17.5 Å². The van der Waals surface area contributed by atoms with Crippen LogP contribution in [0.15, 0.2) is 24.4 Å². The largest absolute Gasteiger partial charge is 0.356 e. The Morgan fingerprint density at radius 2 is 1.92 bits per heavy atom. The number of amides is 2. The third-order valence-corrected chi connectivity index (χ3v) is 4.56. The number of nitrogens with zero attached hydrogens (tertiary/aromatic N) is 4. The fraction of sp³-hybridized carbons (Fsp3) is 0.556. The van der Waals surface area contributed by atoms with Gasteiger partial charge in [0.15, 0.2) is 5.65 Å². The minimum atomic E-state index is -0.0136. The van der Waals surface area contributed by atoms with Gasteiger partial charge in [0.05, 0.1) is 0 Å². The van der Waals surface area contributed by atoms with Crippen LogP contribution in [-0.4, -0.2) is 50.9 Å². The van der Waals surface area contributed by atoms with Crippen LogP contribution in [-0.2, 0) is 16.0 Å². The third kappa shape index (κ3) is 4.78. The molecule has 2 aromatic heterocycles. The van der Waals surface area contributed by atoms with Crippen molar-refractivity contribution < 1.29 is 9.59 Å². The molecule has 0 atom stereocenters. The van der Waals surface area contributed by atoms with E-state index in [-0.39, 0.29) is 11.8 Å². The van der Waals surface area contributed by atoms with Gasteiger partial charge in [-0.3, -0.25) is 14.0 Å². The van der Waals surface area contributed by atoms with Crippen molar-refractivity contribution in [1.29, 1.82) is 0 Å². The Hall–Kier alpha value is -2.44. The van der Waals surface area contributed by atoms with E-state index in [0.717, 1.165) is 37.4 Å². The number of nitrogens with one attached hydrogen (secondary N) is 1. The quantitative estimate of drug-likeness (QED) is 0.828. The van der Waals surface area contributed by atoms with E-state index in [1.807, 2.05) is 33.7 Å². The summed E-state index contributed by atoms with van der Waals surface area (Å²) in [4.78, 5) is 25.9. The lowest BCUT2D eigenvalue weighted by Crippen LogP contribution is -2.35. The summed E-state index contributed by atoms with van der Waals surface area (Å²) in [7, 11) is 0. The van der Waals surface area contributed by atoms with Gasteiger partial charge in [-0.1, -0.05) is 6.07 Å². The van der Waals surface area contributed by atoms with Gasteiger partial charge in [-0.15, -0.1) is 10.2 Å². The zero-order valence-corrected chi connectivity index (χ0v) is 14.5. The maximum absolute atomic E-state index is 12.0. The molecule has 1 fully saturated rings. The van der Waals surface area contributed by atoms with Crippen LogP contribution in [0.4, 0.5) is 0 Å². The molecule has 134 valence electrons. The van der Waals surface area contributed by atoms with Gasteiger partial charge in [0.1, 0.15) is 5.82 Å². The normalized spacial score (nSPS) is 14.6. The monoisotopic (exact) mass is 343 g/mol. The average molecular weight is 343 g/mol. The van der Waals surface area contributed by atoms with Crippen LogP contribution in [0.3, 0.4) is 0 Å². The molecule has 3 rings (SSSR count).